The topological polar surface area (TPSA) is 101 Å². The van der Waals surface area contributed by atoms with Crippen LogP contribution in [0, 0.1) is 0 Å². The van der Waals surface area contributed by atoms with Crippen molar-refractivity contribution in [2.75, 3.05) is 13.3 Å². The Bertz CT molecular complexity index is 816. The molecule has 0 fully saturated rings. The van der Waals surface area contributed by atoms with Gasteiger partial charge in [0.25, 0.3) is 5.91 Å². The third-order valence-electron chi connectivity index (χ3n) is 5.19. The van der Waals surface area contributed by atoms with Crippen molar-refractivity contribution in [3.63, 3.8) is 0 Å². The zero-order valence-corrected chi connectivity index (χ0v) is 17.3. The minimum absolute atomic E-state index is 0.0629. The van der Waals surface area contributed by atoms with Crippen molar-refractivity contribution in [2.24, 2.45) is 5.73 Å². The number of nitrogens with two attached hydrogens (primary N) is 1. The van der Waals surface area contributed by atoms with Crippen molar-refractivity contribution in [3.8, 4) is 0 Å². The van der Waals surface area contributed by atoms with E-state index in [-0.39, 0.29) is 23.9 Å². The average Bonchev–Trinajstić information content (AvgIpc) is 2.59. The van der Waals surface area contributed by atoms with E-state index in [2.05, 4.69) is 0 Å². The number of carbonyl (C=O) groups is 2. The molecule has 1 aromatic carbocycles. The molecule has 2 amide bonds. The molecule has 1 heterocycles. The number of primary amides is 1. The van der Waals surface area contributed by atoms with E-state index >= 15 is 0 Å². The highest BCUT2D eigenvalue weighted by Crippen LogP contribution is 2.32. The first kappa shape index (κ1) is 21.4. The van der Waals surface area contributed by atoms with Gasteiger partial charge in [-0.2, -0.15) is 4.31 Å². The van der Waals surface area contributed by atoms with Gasteiger partial charge in [0.05, 0.1) is 6.26 Å². The molecular formula is C19H29N3O4S. The SMILES string of the molecule is CCCC(CCC)N1C(=O)c2cccc(C(N)=O)c2CC1N(C)S(C)(=O)=O. The summed E-state index contributed by atoms with van der Waals surface area (Å²) < 4.78 is 25.7. The predicted octanol–water partition coefficient (Wildman–Crippen LogP) is 1.97. The lowest BCUT2D eigenvalue weighted by molar-refractivity contribution is 0.0322. The Morgan fingerprint density at radius 2 is 1.89 bits per heavy atom. The minimum Gasteiger partial charge on any atom is -0.366 e. The summed E-state index contributed by atoms with van der Waals surface area (Å²) in [6.45, 7) is 4.09. The van der Waals surface area contributed by atoms with E-state index in [9.17, 15) is 18.0 Å². The molecule has 0 saturated heterocycles. The highest BCUT2D eigenvalue weighted by atomic mass is 32.2. The summed E-state index contributed by atoms with van der Waals surface area (Å²) in [5, 5.41) is 0. The molecule has 2 rings (SSSR count). The highest BCUT2D eigenvalue weighted by molar-refractivity contribution is 7.88. The Morgan fingerprint density at radius 3 is 2.37 bits per heavy atom. The third-order valence-corrected chi connectivity index (χ3v) is 6.48. The zero-order valence-electron chi connectivity index (χ0n) is 16.4. The fourth-order valence-electron chi connectivity index (χ4n) is 3.82. The monoisotopic (exact) mass is 395 g/mol. The molecule has 2 N–H and O–H groups in total. The standard InChI is InChI=1S/C19H29N3O4S/c1-5-8-13(9-6-2)22-17(21(3)27(4,25)26)12-16-14(18(20)23)10-7-11-15(16)19(22)24/h7,10-11,13,17H,5-6,8-9,12H2,1-4H3,(H2,20,23). The van der Waals surface area contributed by atoms with Crippen LogP contribution in [-0.2, 0) is 16.4 Å². The number of amides is 2. The zero-order chi connectivity index (χ0) is 20.4. The number of benzene rings is 1. The summed E-state index contributed by atoms with van der Waals surface area (Å²) in [5.41, 5.74) is 6.72. The molecule has 7 nitrogen and oxygen atoms in total. The van der Waals surface area contributed by atoms with Crippen molar-refractivity contribution >= 4 is 21.8 Å². The largest absolute Gasteiger partial charge is 0.366 e. The summed E-state index contributed by atoms with van der Waals surface area (Å²) in [7, 11) is -2.06. The summed E-state index contributed by atoms with van der Waals surface area (Å²) in [5.74, 6) is -0.862. The van der Waals surface area contributed by atoms with Crippen LogP contribution in [0.3, 0.4) is 0 Å². The molecule has 0 bridgehead atoms. The molecule has 0 spiro atoms. The molecular weight excluding hydrogens is 366 g/mol. The predicted molar refractivity (Wildman–Crippen MR) is 105 cm³/mol. The van der Waals surface area contributed by atoms with Crippen LogP contribution >= 0.6 is 0 Å². The maximum atomic E-state index is 13.4. The Balaban J connectivity index is 2.63. The first-order chi connectivity index (χ1) is 12.6. The third kappa shape index (κ3) is 4.32. The van der Waals surface area contributed by atoms with Gasteiger partial charge in [-0.1, -0.05) is 32.8 Å². The lowest BCUT2D eigenvalue weighted by Gasteiger charge is -2.45. The highest BCUT2D eigenvalue weighted by Gasteiger charge is 2.41. The molecule has 1 unspecified atom stereocenters. The Morgan fingerprint density at radius 1 is 1.30 bits per heavy atom. The van der Waals surface area contributed by atoms with Crippen molar-refractivity contribution in [3.05, 3.63) is 34.9 Å². The van der Waals surface area contributed by atoms with Crippen LogP contribution in [0.1, 0.15) is 65.8 Å². The summed E-state index contributed by atoms with van der Waals surface area (Å²) in [6, 6.07) is 4.84. The van der Waals surface area contributed by atoms with Crippen LogP contribution < -0.4 is 5.73 Å². The van der Waals surface area contributed by atoms with E-state index in [0.717, 1.165) is 31.9 Å². The smallest absolute Gasteiger partial charge is 0.255 e. The number of likely N-dealkylation sites (N-methyl/N-ethyl adjacent to an activating group) is 1. The normalized spacial score (nSPS) is 17.5. The van der Waals surface area contributed by atoms with Crippen molar-refractivity contribution in [1.29, 1.82) is 0 Å². The quantitative estimate of drug-likeness (QED) is 0.727. The lowest BCUT2D eigenvalue weighted by atomic mass is 9.89. The van der Waals surface area contributed by atoms with Gasteiger partial charge in [0.1, 0.15) is 6.17 Å². The van der Waals surface area contributed by atoms with Gasteiger partial charge in [-0.15, -0.1) is 0 Å². The molecule has 1 atom stereocenters. The molecule has 0 saturated carbocycles. The van der Waals surface area contributed by atoms with Gasteiger partial charge in [-0.05, 0) is 30.5 Å². The molecule has 1 aromatic rings. The molecule has 150 valence electrons. The molecule has 0 aromatic heterocycles. The first-order valence-electron chi connectivity index (χ1n) is 9.30. The summed E-state index contributed by atoms with van der Waals surface area (Å²) in [4.78, 5) is 26.9. The van der Waals surface area contributed by atoms with Gasteiger partial charge in [0, 0.05) is 30.6 Å². The second-order valence-corrected chi connectivity index (χ2v) is 9.15. The van der Waals surface area contributed by atoms with Crippen LogP contribution in [0.25, 0.3) is 0 Å². The van der Waals surface area contributed by atoms with E-state index in [1.165, 1.54) is 11.4 Å². The summed E-state index contributed by atoms with van der Waals surface area (Å²) in [6.07, 6.45) is 4.05. The van der Waals surface area contributed by atoms with Crippen molar-refractivity contribution < 1.29 is 18.0 Å². The van der Waals surface area contributed by atoms with Gasteiger partial charge in [0.2, 0.25) is 15.9 Å². The first-order valence-corrected chi connectivity index (χ1v) is 11.2. The number of hydrogen-bond acceptors (Lipinski definition) is 4. The fraction of sp³-hybridized carbons (Fsp3) is 0.579. The van der Waals surface area contributed by atoms with Gasteiger partial charge in [-0.25, -0.2) is 8.42 Å². The van der Waals surface area contributed by atoms with Gasteiger partial charge < -0.3 is 10.6 Å². The Labute approximate surface area is 161 Å². The number of carbonyl (C=O) groups excluding carboxylic acids is 2. The molecule has 27 heavy (non-hydrogen) atoms. The average molecular weight is 396 g/mol. The van der Waals surface area contributed by atoms with Gasteiger partial charge in [0.15, 0.2) is 0 Å². The van der Waals surface area contributed by atoms with E-state index in [1.54, 1.807) is 23.1 Å². The maximum Gasteiger partial charge on any atom is 0.255 e. The van der Waals surface area contributed by atoms with Gasteiger partial charge >= 0.3 is 0 Å². The van der Waals surface area contributed by atoms with E-state index in [4.69, 9.17) is 5.73 Å². The Kier molecular flexibility index (Phi) is 6.64. The number of fused-ring (bicyclic) bond motifs is 1. The minimum atomic E-state index is -3.53. The summed E-state index contributed by atoms with van der Waals surface area (Å²) >= 11 is 0. The van der Waals surface area contributed by atoms with E-state index in [0.29, 0.717) is 11.1 Å². The van der Waals surface area contributed by atoms with Crippen molar-refractivity contribution in [1.82, 2.24) is 9.21 Å². The molecule has 0 aliphatic carbocycles. The van der Waals surface area contributed by atoms with Crippen LogP contribution in [0.4, 0.5) is 0 Å². The number of hydrogen-bond donors (Lipinski definition) is 1. The van der Waals surface area contributed by atoms with Crippen molar-refractivity contribution in [2.45, 2.75) is 58.2 Å². The number of nitrogens with zero attached hydrogens (tertiary/aromatic N) is 2. The molecule has 0 radical (unpaired) electrons. The van der Waals surface area contributed by atoms with E-state index in [1.807, 2.05) is 13.8 Å². The van der Waals surface area contributed by atoms with Gasteiger partial charge in [-0.3, -0.25) is 9.59 Å². The van der Waals surface area contributed by atoms with E-state index < -0.39 is 22.1 Å². The maximum absolute atomic E-state index is 13.4. The van der Waals surface area contributed by atoms with Crippen LogP contribution in [-0.4, -0.2) is 54.9 Å². The second kappa shape index (κ2) is 8.39. The Hall–Kier alpha value is -1.93. The molecule has 8 heteroatoms. The lowest BCUT2D eigenvalue weighted by Crippen LogP contribution is -2.58. The fourth-order valence-corrected chi connectivity index (χ4v) is 4.43. The van der Waals surface area contributed by atoms with Crippen LogP contribution in [0.2, 0.25) is 0 Å². The number of rotatable bonds is 8. The van der Waals surface area contributed by atoms with Crippen LogP contribution in [0.5, 0.6) is 0 Å². The molecule has 1 aliphatic heterocycles. The van der Waals surface area contributed by atoms with Crippen LogP contribution in [0.15, 0.2) is 18.2 Å². The molecule has 1 aliphatic rings. The number of sulfonamides is 1. The second-order valence-electron chi connectivity index (χ2n) is 7.10.